The lowest BCUT2D eigenvalue weighted by molar-refractivity contribution is -0.117. The standard InChI is InChI=1S/C9H15N3O/c1-2-4-12-5-3-11-9(12)6-8(13)7-10/h3,5H,2,4,6-7,10H2,1H3. The van der Waals surface area contributed by atoms with Gasteiger partial charge in [0.05, 0.1) is 13.0 Å². The summed E-state index contributed by atoms with van der Waals surface area (Å²) in [5, 5.41) is 0. The van der Waals surface area contributed by atoms with Gasteiger partial charge in [-0.15, -0.1) is 0 Å². The normalized spacial score (nSPS) is 10.3. The molecule has 0 saturated carbocycles. The van der Waals surface area contributed by atoms with E-state index in [1.54, 1.807) is 6.20 Å². The number of carbonyl (C=O) groups is 1. The van der Waals surface area contributed by atoms with Crippen LogP contribution < -0.4 is 5.73 Å². The van der Waals surface area contributed by atoms with Crippen LogP contribution in [0.5, 0.6) is 0 Å². The molecule has 1 aromatic heterocycles. The molecular weight excluding hydrogens is 166 g/mol. The van der Waals surface area contributed by atoms with Gasteiger partial charge in [-0.05, 0) is 6.42 Å². The van der Waals surface area contributed by atoms with Crippen molar-refractivity contribution >= 4 is 5.78 Å². The van der Waals surface area contributed by atoms with Crippen molar-refractivity contribution in [3.63, 3.8) is 0 Å². The Balaban J connectivity index is 2.64. The molecule has 0 aliphatic heterocycles. The van der Waals surface area contributed by atoms with Gasteiger partial charge >= 0.3 is 0 Å². The van der Waals surface area contributed by atoms with E-state index < -0.39 is 0 Å². The first-order valence-electron chi connectivity index (χ1n) is 4.49. The number of nitrogens with zero attached hydrogens (tertiary/aromatic N) is 2. The summed E-state index contributed by atoms with van der Waals surface area (Å²) in [4.78, 5) is 15.2. The molecular formula is C9H15N3O. The molecule has 1 aromatic rings. The second kappa shape index (κ2) is 4.77. The van der Waals surface area contributed by atoms with Gasteiger partial charge in [-0.25, -0.2) is 4.98 Å². The Labute approximate surface area is 77.8 Å². The molecule has 0 unspecified atom stereocenters. The van der Waals surface area contributed by atoms with E-state index in [2.05, 4.69) is 11.9 Å². The molecule has 0 aliphatic rings. The fraction of sp³-hybridized carbons (Fsp3) is 0.556. The molecule has 0 fully saturated rings. The van der Waals surface area contributed by atoms with Crippen LogP contribution in [0.3, 0.4) is 0 Å². The summed E-state index contributed by atoms with van der Waals surface area (Å²) in [5.41, 5.74) is 5.23. The highest BCUT2D eigenvalue weighted by molar-refractivity contribution is 5.81. The van der Waals surface area contributed by atoms with Crippen LogP contribution in [0.1, 0.15) is 19.2 Å². The Morgan fingerprint density at radius 2 is 2.46 bits per heavy atom. The van der Waals surface area contributed by atoms with Crippen molar-refractivity contribution < 1.29 is 4.79 Å². The molecule has 2 N–H and O–H groups in total. The number of nitrogens with two attached hydrogens (primary N) is 1. The first-order chi connectivity index (χ1) is 6.27. The molecule has 0 atom stereocenters. The van der Waals surface area contributed by atoms with Crippen molar-refractivity contribution in [2.24, 2.45) is 5.73 Å². The molecule has 0 aliphatic carbocycles. The van der Waals surface area contributed by atoms with Gasteiger partial charge in [0.2, 0.25) is 0 Å². The average molecular weight is 181 g/mol. The number of hydrogen-bond donors (Lipinski definition) is 1. The third-order valence-corrected chi connectivity index (χ3v) is 1.85. The number of aromatic nitrogens is 2. The predicted octanol–water partition coefficient (Wildman–Crippen LogP) is 0.363. The van der Waals surface area contributed by atoms with Crippen LogP contribution in [0.2, 0.25) is 0 Å². The van der Waals surface area contributed by atoms with E-state index in [0.717, 1.165) is 18.8 Å². The third kappa shape index (κ3) is 2.66. The van der Waals surface area contributed by atoms with Crippen LogP contribution in [0.4, 0.5) is 0 Å². The average Bonchev–Trinajstić information content (AvgIpc) is 2.54. The predicted molar refractivity (Wildman–Crippen MR) is 50.3 cm³/mol. The molecule has 0 amide bonds. The number of Topliss-reactive ketones (excluding diaryl/α,β-unsaturated/α-hetero) is 1. The molecule has 1 rings (SSSR count). The Hall–Kier alpha value is -1.16. The Morgan fingerprint density at radius 1 is 1.69 bits per heavy atom. The van der Waals surface area contributed by atoms with E-state index in [-0.39, 0.29) is 12.3 Å². The highest BCUT2D eigenvalue weighted by atomic mass is 16.1. The fourth-order valence-corrected chi connectivity index (χ4v) is 1.20. The van der Waals surface area contributed by atoms with Crippen molar-refractivity contribution in [2.75, 3.05) is 6.54 Å². The largest absolute Gasteiger partial charge is 0.335 e. The van der Waals surface area contributed by atoms with Crippen molar-refractivity contribution in [2.45, 2.75) is 26.3 Å². The first-order valence-corrected chi connectivity index (χ1v) is 4.49. The zero-order chi connectivity index (χ0) is 9.68. The van der Waals surface area contributed by atoms with E-state index in [4.69, 9.17) is 5.73 Å². The maximum Gasteiger partial charge on any atom is 0.153 e. The van der Waals surface area contributed by atoms with Crippen molar-refractivity contribution in [1.29, 1.82) is 0 Å². The number of rotatable bonds is 5. The SMILES string of the molecule is CCCn1ccnc1CC(=O)CN. The summed E-state index contributed by atoms with van der Waals surface area (Å²) in [5.74, 6) is 0.848. The zero-order valence-corrected chi connectivity index (χ0v) is 7.86. The smallest absolute Gasteiger partial charge is 0.153 e. The molecule has 0 bridgehead atoms. The summed E-state index contributed by atoms with van der Waals surface area (Å²) in [6.07, 6.45) is 5.00. The molecule has 13 heavy (non-hydrogen) atoms. The zero-order valence-electron chi connectivity index (χ0n) is 7.86. The van der Waals surface area contributed by atoms with E-state index in [0.29, 0.717) is 6.42 Å². The molecule has 4 heteroatoms. The molecule has 0 saturated heterocycles. The molecule has 4 nitrogen and oxygen atoms in total. The number of imidazole rings is 1. The summed E-state index contributed by atoms with van der Waals surface area (Å²) in [7, 11) is 0. The van der Waals surface area contributed by atoms with Gasteiger partial charge < -0.3 is 10.3 Å². The molecule has 0 radical (unpaired) electrons. The van der Waals surface area contributed by atoms with E-state index in [1.807, 2.05) is 10.8 Å². The lowest BCUT2D eigenvalue weighted by Gasteiger charge is -2.04. The number of ketones is 1. The third-order valence-electron chi connectivity index (χ3n) is 1.85. The summed E-state index contributed by atoms with van der Waals surface area (Å²) >= 11 is 0. The van der Waals surface area contributed by atoms with Crippen molar-refractivity contribution in [1.82, 2.24) is 9.55 Å². The van der Waals surface area contributed by atoms with Crippen LogP contribution in [0, 0.1) is 0 Å². The van der Waals surface area contributed by atoms with Crippen LogP contribution in [-0.2, 0) is 17.8 Å². The second-order valence-electron chi connectivity index (χ2n) is 2.96. The lowest BCUT2D eigenvalue weighted by atomic mass is 10.2. The maximum absolute atomic E-state index is 11.1. The van der Waals surface area contributed by atoms with Gasteiger partial charge in [0.1, 0.15) is 5.82 Å². The van der Waals surface area contributed by atoms with Crippen LogP contribution >= 0.6 is 0 Å². The quantitative estimate of drug-likeness (QED) is 0.713. The van der Waals surface area contributed by atoms with Gasteiger partial charge in [-0.2, -0.15) is 0 Å². The minimum Gasteiger partial charge on any atom is -0.335 e. The molecule has 72 valence electrons. The van der Waals surface area contributed by atoms with Crippen LogP contribution in [-0.4, -0.2) is 21.9 Å². The van der Waals surface area contributed by atoms with Gasteiger partial charge in [0, 0.05) is 18.9 Å². The number of aryl methyl sites for hydroxylation is 1. The number of carbonyl (C=O) groups excluding carboxylic acids is 1. The van der Waals surface area contributed by atoms with Crippen molar-refractivity contribution in [3.05, 3.63) is 18.2 Å². The highest BCUT2D eigenvalue weighted by Crippen LogP contribution is 2.00. The lowest BCUT2D eigenvalue weighted by Crippen LogP contribution is -2.18. The van der Waals surface area contributed by atoms with Crippen LogP contribution in [0.15, 0.2) is 12.4 Å². The molecule has 0 aromatic carbocycles. The summed E-state index contributed by atoms with van der Waals surface area (Å²) in [6.45, 7) is 3.10. The monoisotopic (exact) mass is 181 g/mol. The molecule has 1 heterocycles. The highest BCUT2D eigenvalue weighted by Gasteiger charge is 2.06. The van der Waals surface area contributed by atoms with E-state index >= 15 is 0 Å². The van der Waals surface area contributed by atoms with Crippen molar-refractivity contribution in [3.8, 4) is 0 Å². The minimum absolute atomic E-state index is 0.0311. The number of hydrogen-bond acceptors (Lipinski definition) is 3. The van der Waals surface area contributed by atoms with E-state index in [9.17, 15) is 4.79 Å². The first kappa shape index (κ1) is 9.92. The van der Waals surface area contributed by atoms with Gasteiger partial charge in [-0.3, -0.25) is 4.79 Å². The maximum atomic E-state index is 11.1. The topological polar surface area (TPSA) is 60.9 Å². The Bertz CT molecular complexity index is 280. The van der Waals surface area contributed by atoms with E-state index in [1.165, 1.54) is 0 Å². The second-order valence-corrected chi connectivity index (χ2v) is 2.96. The summed E-state index contributed by atoms with van der Waals surface area (Å²) in [6, 6.07) is 0. The van der Waals surface area contributed by atoms with Crippen LogP contribution in [0.25, 0.3) is 0 Å². The van der Waals surface area contributed by atoms with Gasteiger partial charge in [0.15, 0.2) is 5.78 Å². The summed E-state index contributed by atoms with van der Waals surface area (Å²) < 4.78 is 1.99. The fourth-order valence-electron chi connectivity index (χ4n) is 1.20. The van der Waals surface area contributed by atoms with Gasteiger partial charge in [-0.1, -0.05) is 6.92 Å². The Kier molecular flexibility index (Phi) is 3.64. The minimum atomic E-state index is 0.0311. The Morgan fingerprint density at radius 3 is 3.08 bits per heavy atom. The molecule has 0 spiro atoms. The van der Waals surface area contributed by atoms with Gasteiger partial charge in [0.25, 0.3) is 0 Å².